The van der Waals surface area contributed by atoms with Crippen molar-refractivity contribution in [3.8, 4) is 11.1 Å². The number of fused-ring (bicyclic) bond motifs is 1. The highest BCUT2D eigenvalue weighted by Crippen LogP contribution is 2.42. The van der Waals surface area contributed by atoms with Crippen LogP contribution in [0.2, 0.25) is 0 Å². The van der Waals surface area contributed by atoms with E-state index in [4.69, 9.17) is 4.98 Å². The van der Waals surface area contributed by atoms with Gasteiger partial charge in [0.15, 0.2) is 0 Å². The second-order valence-electron chi connectivity index (χ2n) is 8.79. The molecule has 1 heterocycles. The molecule has 0 atom stereocenters. The molecule has 0 spiro atoms. The van der Waals surface area contributed by atoms with Gasteiger partial charge in [-0.15, -0.1) is 0 Å². The van der Waals surface area contributed by atoms with E-state index in [1.807, 2.05) is 25.3 Å². The first kappa shape index (κ1) is 19.0. The van der Waals surface area contributed by atoms with E-state index in [0.29, 0.717) is 10.9 Å². The number of pyridine rings is 1. The standard InChI is InChI=1S/C28H26FN/c1-16(2)14-23-18(4)15-24-21(10-8-17(3)27(24)29)26(23)22-11-9-19-6-5-7-20-12-13-30-28(22)25(19)20/h8-13,15H,1,5-7,14H2,2-4H3. The Morgan fingerprint density at radius 2 is 1.77 bits per heavy atom. The molecule has 0 aliphatic heterocycles. The third-order valence-corrected chi connectivity index (χ3v) is 6.49. The number of rotatable bonds is 3. The number of nitrogens with zero attached hydrogens (tertiary/aromatic N) is 1. The summed E-state index contributed by atoms with van der Waals surface area (Å²) in [6.07, 6.45) is 6.07. The molecule has 0 saturated carbocycles. The van der Waals surface area contributed by atoms with Crippen LogP contribution >= 0.6 is 0 Å². The predicted molar refractivity (Wildman–Crippen MR) is 125 cm³/mol. The second-order valence-corrected chi connectivity index (χ2v) is 8.79. The van der Waals surface area contributed by atoms with Crippen LogP contribution in [0.5, 0.6) is 0 Å². The van der Waals surface area contributed by atoms with Crippen molar-refractivity contribution in [3.05, 3.63) is 88.4 Å². The number of aromatic nitrogens is 1. The number of hydrogen-bond donors (Lipinski definition) is 0. The molecule has 0 bridgehead atoms. The van der Waals surface area contributed by atoms with Gasteiger partial charge in [0.05, 0.1) is 5.52 Å². The Hall–Kier alpha value is -3.00. The zero-order valence-electron chi connectivity index (χ0n) is 17.9. The fraction of sp³-hybridized carbons (Fsp3) is 0.250. The molecule has 0 unspecified atom stereocenters. The van der Waals surface area contributed by atoms with Gasteiger partial charge in [-0.2, -0.15) is 0 Å². The maximum atomic E-state index is 15.1. The Kier molecular flexibility index (Phi) is 4.47. The Labute approximate surface area is 177 Å². The van der Waals surface area contributed by atoms with Gasteiger partial charge in [0, 0.05) is 22.5 Å². The quantitative estimate of drug-likeness (QED) is 0.329. The fourth-order valence-electron chi connectivity index (χ4n) is 5.06. The summed E-state index contributed by atoms with van der Waals surface area (Å²) in [5, 5.41) is 2.94. The van der Waals surface area contributed by atoms with Crippen molar-refractivity contribution in [3.63, 3.8) is 0 Å². The highest BCUT2D eigenvalue weighted by molar-refractivity contribution is 6.07. The van der Waals surface area contributed by atoms with Crippen LogP contribution in [0.25, 0.3) is 32.8 Å². The minimum atomic E-state index is -0.130. The predicted octanol–water partition coefficient (Wildman–Crippen LogP) is 7.42. The fourth-order valence-corrected chi connectivity index (χ4v) is 5.06. The van der Waals surface area contributed by atoms with Crippen LogP contribution in [0, 0.1) is 19.7 Å². The van der Waals surface area contributed by atoms with Crippen molar-refractivity contribution in [2.24, 2.45) is 0 Å². The van der Waals surface area contributed by atoms with E-state index in [1.54, 1.807) is 0 Å². The lowest BCUT2D eigenvalue weighted by molar-refractivity contribution is 0.630. The van der Waals surface area contributed by atoms with Crippen molar-refractivity contribution in [2.75, 3.05) is 0 Å². The van der Waals surface area contributed by atoms with Crippen LogP contribution in [-0.2, 0) is 19.3 Å². The van der Waals surface area contributed by atoms with Gasteiger partial charge in [0.25, 0.3) is 0 Å². The SMILES string of the molecule is C=C(C)Cc1c(C)cc2c(F)c(C)ccc2c1-c1ccc2c3c(ccnc13)CCC2. The highest BCUT2D eigenvalue weighted by atomic mass is 19.1. The summed E-state index contributed by atoms with van der Waals surface area (Å²) in [7, 11) is 0. The normalized spacial score (nSPS) is 13.2. The number of hydrogen-bond acceptors (Lipinski definition) is 1. The lowest BCUT2D eigenvalue weighted by atomic mass is 9.83. The zero-order valence-corrected chi connectivity index (χ0v) is 17.9. The van der Waals surface area contributed by atoms with Crippen molar-refractivity contribution >= 4 is 21.7 Å². The summed E-state index contributed by atoms with van der Waals surface area (Å²) in [5.41, 5.74) is 10.1. The number of allylic oxidation sites excluding steroid dienone is 1. The summed E-state index contributed by atoms with van der Waals surface area (Å²) in [6, 6.07) is 12.6. The average Bonchev–Trinajstić information content (AvgIpc) is 2.73. The van der Waals surface area contributed by atoms with Crippen LogP contribution in [0.4, 0.5) is 4.39 Å². The molecule has 30 heavy (non-hydrogen) atoms. The number of halogens is 1. The zero-order chi connectivity index (χ0) is 21.0. The minimum Gasteiger partial charge on any atom is -0.256 e. The van der Waals surface area contributed by atoms with Gasteiger partial charge >= 0.3 is 0 Å². The van der Waals surface area contributed by atoms with Gasteiger partial charge in [-0.3, -0.25) is 4.98 Å². The molecule has 1 aromatic heterocycles. The van der Waals surface area contributed by atoms with E-state index in [2.05, 4.69) is 44.7 Å². The smallest absolute Gasteiger partial charge is 0.133 e. The third kappa shape index (κ3) is 2.86. The first-order valence-corrected chi connectivity index (χ1v) is 10.7. The van der Waals surface area contributed by atoms with Crippen LogP contribution < -0.4 is 0 Å². The van der Waals surface area contributed by atoms with Crippen molar-refractivity contribution in [1.82, 2.24) is 4.98 Å². The number of aryl methyl sites for hydroxylation is 4. The van der Waals surface area contributed by atoms with E-state index in [1.165, 1.54) is 28.5 Å². The Morgan fingerprint density at radius 1 is 1.00 bits per heavy atom. The maximum absolute atomic E-state index is 15.1. The lowest BCUT2D eigenvalue weighted by Gasteiger charge is -2.22. The summed E-state index contributed by atoms with van der Waals surface area (Å²) < 4.78 is 15.1. The molecule has 1 aliphatic rings. The number of benzene rings is 3. The van der Waals surface area contributed by atoms with Gasteiger partial charge in [0.2, 0.25) is 0 Å². The summed E-state index contributed by atoms with van der Waals surface area (Å²) in [6.45, 7) is 10.1. The molecule has 0 radical (unpaired) electrons. The topological polar surface area (TPSA) is 12.9 Å². The first-order valence-electron chi connectivity index (χ1n) is 10.7. The Balaban J connectivity index is 1.95. The van der Waals surface area contributed by atoms with Gasteiger partial charge < -0.3 is 0 Å². The second kappa shape index (κ2) is 7.05. The molecule has 0 N–H and O–H groups in total. The highest BCUT2D eigenvalue weighted by Gasteiger charge is 2.21. The first-order chi connectivity index (χ1) is 14.5. The van der Waals surface area contributed by atoms with Gasteiger partial charge in [-0.05, 0) is 97.4 Å². The van der Waals surface area contributed by atoms with Crippen LogP contribution in [0.15, 0.2) is 54.7 Å². The molecule has 150 valence electrons. The van der Waals surface area contributed by atoms with E-state index in [9.17, 15) is 0 Å². The van der Waals surface area contributed by atoms with Crippen molar-refractivity contribution in [1.29, 1.82) is 0 Å². The van der Waals surface area contributed by atoms with E-state index in [0.717, 1.165) is 52.4 Å². The van der Waals surface area contributed by atoms with E-state index in [-0.39, 0.29) is 5.82 Å². The minimum absolute atomic E-state index is 0.130. The van der Waals surface area contributed by atoms with Crippen LogP contribution in [-0.4, -0.2) is 4.98 Å². The molecule has 1 aliphatic carbocycles. The average molecular weight is 396 g/mol. The third-order valence-electron chi connectivity index (χ3n) is 6.49. The molecule has 0 saturated heterocycles. The van der Waals surface area contributed by atoms with E-state index >= 15 is 4.39 Å². The van der Waals surface area contributed by atoms with Gasteiger partial charge in [0.1, 0.15) is 5.82 Å². The Bertz CT molecular complexity index is 1340. The molecule has 5 rings (SSSR count). The largest absolute Gasteiger partial charge is 0.256 e. The summed E-state index contributed by atoms with van der Waals surface area (Å²) >= 11 is 0. The van der Waals surface area contributed by atoms with Gasteiger partial charge in [-0.25, -0.2) is 4.39 Å². The molecule has 1 nitrogen and oxygen atoms in total. The monoisotopic (exact) mass is 395 g/mol. The molecular weight excluding hydrogens is 369 g/mol. The van der Waals surface area contributed by atoms with Crippen molar-refractivity contribution < 1.29 is 4.39 Å². The molecule has 4 aromatic rings. The molecule has 0 fully saturated rings. The van der Waals surface area contributed by atoms with Crippen molar-refractivity contribution in [2.45, 2.75) is 46.5 Å². The summed E-state index contributed by atoms with van der Waals surface area (Å²) in [4.78, 5) is 4.84. The summed E-state index contributed by atoms with van der Waals surface area (Å²) in [5.74, 6) is -0.130. The van der Waals surface area contributed by atoms with Crippen LogP contribution in [0.1, 0.15) is 41.2 Å². The molecule has 2 heteroatoms. The molecule has 0 amide bonds. The lowest BCUT2D eigenvalue weighted by Crippen LogP contribution is -2.04. The maximum Gasteiger partial charge on any atom is 0.133 e. The van der Waals surface area contributed by atoms with Gasteiger partial charge in [-0.1, -0.05) is 36.4 Å². The Morgan fingerprint density at radius 3 is 2.53 bits per heavy atom. The van der Waals surface area contributed by atoms with E-state index < -0.39 is 0 Å². The van der Waals surface area contributed by atoms with Crippen LogP contribution in [0.3, 0.4) is 0 Å². The molecular formula is C28H26FN. The molecule has 3 aromatic carbocycles.